The molecule has 196 valence electrons. The second-order valence-electron chi connectivity index (χ2n) is 9.16. The van der Waals surface area contributed by atoms with Crippen LogP contribution in [0.4, 0.5) is 0 Å². The Balaban J connectivity index is 1.65. The van der Waals surface area contributed by atoms with Crippen molar-refractivity contribution in [3.05, 3.63) is 88.8 Å². The Kier molecular flexibility index (Phi) is 8.07. The molecule has 0 aliphatic carbocycles. The molecule has 1 aliphatic rings. The van der Waals surface area contributed by atoms with E-state index < -0.39 is 11.9 Å². The molecular weight excluding hydrogens is 484 g/mol. The van der Waals surface area contributed by atoms with E-state index in [0.29, 0.717) is 46.6 Å². The molecule has 8 nitrogen and oxygen atoms in total. The van der Waals surface area contributed by atoms with Gasteiger partial charge in [-0.3, -0.25) is 0 Å². The number of rotatable bonds is 9. The summed E-state index contributed by atoms with van der Waals surface area (Å²) < 4.78 is 28.1. The minimum absolute atomic E-state index is 0.0190. The molecule has 0 fully saturated rings. The number of fused-ring (bicyclic) bond motifs is 1. The molecule has 0 spiro atoms. The highest BCUT2D eigenvalue weighted by Crippen LogP contribution is 2.45. The second kappa shape index (κ2) is 11.6. The Morgan fingerprint density at radius 1 is 1.03 bits per heavy atom. The fraction of sp³-hybridized carbons (Fsp3) is 0.267. The van der Waals surface area contributed by atoms with Crippen molar-refractivity contribution in [1.82, 2.24) is 0 Å². The van der Waals surface area contributed by atoms with E-state index in [9.17, 15) is 10.1 Å². The van der Waals surface area contributed by atoms with Gasteiger partial charge in [0, 0.05) is 11.6 Å². The third-order valence-corrected chi connectivity index (χ3v) is 6.20. The van der Waals surface area contributed by atoms with Gasteiger partial charge >= 0.3 is 5.97 Å². The van der Waals surface area contributed by atoms with E-state index in [4.69, 9.17) is 29.4 Å². The van der Waals surface area contributed by atoms with Crippen molar-refractivity contribution in [3.8, 4) is 34.8 Å². The fourth-order valence-electron chi connectivity index (χ4n) is 4.20. The molecule has 4 rings (SSSR count). The summed E-state index contributed by atoms with van der Waals surface area (Å²) in [4.78, 5) is 12.8. The summed E-state index contributed by atoms with van der Waals surface area (Å²) in [5, 5.41) is 9.91. The number of hydrogen-bond donors (Lipinski definition) is 1. The largest absolute Gasteiger partial charge is 0.496 e. The summed E-state index contributed by atoms with van der Waals surface area (Å²) in [7, 11) is 3.06. The average Bonchev–Trinajstić information content (AvgIpc) is 2.92. The van der Waals surface area contributed by atoms with Crippen LogP contribution in [0.2, 0.25) is 0 Å². The lowest BCUT2D eigenvalue weighted by molar-refractivity contribution is 0.0731. The average molecular weight is 515 g/mol. The Hall–Kier alpha value is -4.64. The van der Waals surface area contributed by atoms with Gasteiger partial charge in [-0.15, -0.1) is 0 Å². The van der Waals surface area contributed by atoms with E-state index in [2.05, 4.69) is 19.9 Å². The van der Waals surface area contributed by atoms with Gasteiger partial charge in [0.05, 0.1) is 26.7 Å². The van der Waals surface area contributed by atoms with Crippen molar-refractivity contribution in [3.63, 3.8) is 0 Å². The van der Waals surface area contributed by atoms with Crippen LogP contribution in [0.5, 0.6) is 28.7 Å². The maximum atomic E-state index is 12.8. The molecule has 8 heteroatoms. The molecule has 3 aromatic rings. The van der Waals surface area contributed by atoms with Crippen LogP contribution in [0.25, 0.3) is 0 Å². The van der Waals surface area contributed by atoms with Crippen molar-refractivity contribution >= 4 is 5.97 Å². The number of ether oxygens (including phenoxy) is 5. The molecule has 1 atom stereocenters. The van der Waals surface area contributed by atoms with Crippen molar-refractivity contribution < 1.29 is 28.5 Å². The minimum Gasteiger partial charge on any atom is -0.496 e. The van der Waals surface area contributed by atoms with Gasteiger partial charge in [0.1, 0.15) is 34.5 Å². The first kappa shape index (κ1) is 26.4. The predicted octanol–water partition coefficient (Wildman–Crippen LogP) is 5.57. The van der Waals surface area contributed by atoms with Crippen LogP contribution < -0.4 is 29.4 Å². The molecular formula is C30H30N2O6. The number of nitriles is 1. The van der Waals surface area contributed by atoms with Crippen LogP contribution in [0.1, 0.15) is 47.7 Å². The van der Waals surface area contributed by atoms with E-state index in [1.54, 1.807) is 49.6 Å². The highest BCUT2D eigenvalue weighted by Gasteiger charge is 2.32. The number of nitrogens with two attached hydrogens (primary N) is 1. The van der Waals surface area contributed by atoms with Gasteiger partial charge in [-0.25, -0.2) is 4.79 Å². The monoisotopic (exact) mass is 514 g/mol. The maximum Gasteiger partial charge on any atom is 0.347 e. The molecule has 1 aliphatic heterocycles. The normalized spacial score (nSPS) is 14.3. The molecule has 3 aromatic carbocycles. The Morgan fingerprint density at radius 2 is 1.79 bits per heavy atom. The summed E-state index contributed by atoms with van der Waals surface area (Å²) in [5.74, 6) is 1.64. The molecule has 2 N–H and O–H groups in total. The minimum atomic E-state index is -0.575. The summed E-state index contributed by atoms with van der Waals surface area (Å²) in [6.07, 6.45) is 0.917. The van der Waals surface area contributed by atoms with Gasteiger partial charge in [-0.1, -0.05) is 38.1 Å². The van der Waals surface area contributed by atoms with Gasteiger partial charge in [0.2, 0.25) is 5.88 Å². The number of methoxy groups -OCH3 is 2. The standard InChI is InChI=1S/C30H30N2O6/c1-18(2)13-14-36-25-12-9-19(15-27(25)35-4)28-21-11-10-20(16-26(21)38-29(32)23(28)17-31)37-30(33)22-7-5-6-8-24(22)34-3/h5-12,15-16,18,28H,13-14,32H2,1-4H3. The van der Waals surface area contributed by atoms with E-state index >= 15 is 0 Å². The van der Waals surface area contributed by atoms with E-state index in [-0.39, 0.29) is 17.2 Å². The quantitative estimate of drug-likeness (QED) is 0.291. The summed E-state index contributed by atoms with van der Waals surface area (Å²) >= 11 is 0. The zero-order chi connectivity index (χ0) is 27.2. The molecule has 0 aromatic heterocycles. The number of nitrogens with zero attached hydrogens (tertiary/aromatic N) is 1. The third kappa shape index (κ3) is 5.52. The van der Waals surface area contributed by atoms with Gasteiger partial charge in [-0.2, -0.15) is 5.26 Å². The Labute approximate surface area is 222 Å². The van der Waals surface area contributed by atoms with Crippen molar-refractivity contribution in [2.45, 2.75) is 26.2 Å². The molecule has 0 radical (unpaired) electrons. The van der Waals surface area contributed by atoms with Crippen molar-refractivity contribution in [2.75, 3.05) is 20.8 Å². The predicted molar refractivity (Wildman–Crippen MR) is 142 cm³/mol. The zero-order valence-corrected chi connectivity index (χ0v) is 21.8. The van der Waals surface area contributed by atoms with Crippen molar-refractivity contribution in [2.24, 2.45) is 11.7 Å². The smallest absolute Gasteiger partial charge is 0.347 e. The maximum absolute atomic E-state index is 12.8. The first-order valence-electron chi connectivity index (χ1n) is 12.2. The van der Waals surface area contributed by atoms with Crippen LogP contribution in [-0.2, 0) is 0 Å². The molecule has 0 saturated carbocycles. The molecule has 0 amide bonds. The number of esters is 1. The van der Waals surface area contributed by atoms with Crippen LogP contribution >= 0.6 is 0 Å². The lowest BCUT2D eigenvalue weighted by Gasteiger charge is -2.27. The van der Waals surface area contributed by atoms with Crippen LogP contribution in [0.3, 0.4) is 0 Å². The molecule has 0 bridgehead atoms. The second-order valence-corrected chi connectivity index (χ2v) is 9.16. The van der Waals surface area contributed by atoms with E-state index in [1.807, 2.05) is 18.2 Å². The highest BCUT2D eigenvalue weighted by atomic mass is 16.5. The summed E-state index contributed by atoms with van der Waals surface area (Å²) in [5.41, 5.74) is 8.20. The topological polar surface area (TPSA) is 113 Å². The first-order valence-corrected chi connectivity index (χ1v) is 12.2. The van der Waals surface area contributed by atoms with Gasteiger partial charge in [0.25, 0.3) is 0 Å². The Morgan fingerprint density at radius 3 is 2.50 bits per heavy atom. The van der Waals surface area contributed by atoms with Crippen LogP contribution in [-0.4, -0.2) is 26.8 Å². The van der Waals surface area contributed by atoms with Gasteiger partial charge < -0.3 is 29.4 Å². The summed E-state index contributed by atoms with van der Waals surface area (Å²) in [6.45, 7) is 4.84. The molecule has 1 heterocycles. The number of carbonyl (C=O) groups is 1. The van der Waals surface area contributed by atoms with Crippen molar-refractivity contribution in [1.29, 1.82) is 5.26 Å². The van der Waals surface area contributed by atoms with E-state index in [0.717, 1.165) is 12.0 Å². The van der Waals surface area contributed by atoms with Gasteiger partial charge in [0.15, 0.2) is 11.5 Å². The van der Waals surface area contributed by atoms with E-state index in [1.165, 1.54) is 7.11 Å². The number of para-hydroxylation sites is 1. The first-order chi connectivity index (χ1) is 18.4. The highest BCUT2D eigenvalue weighted by molar-refractivity contribution is 5.94. The van der Waals surface area contributed by atoms with Crippen LogP contribution in [0, 0.1) is 17.2 Å². The number of allylic oxidation sites excluding steroid dienone is 1. The lowest BCUT2D eigenvalue weighted by atomic mass is 9.83. The Bertz CT molecular complexity index is 1410. The summed E-state index contributed by atoms with van der Waals surface area (Å²) in [6, 6.07) is 19.5. The fourth-order valence-corrected chi connectivity index (χ4v) is 4.20. The van der Waals surface area contributed by atoms with Gasteiger partial charge in [-0.05, 0) is 48.2 Å². The third-order valence-electron chi connectivity index (χ3n) is 6.20. The number of hydrogen-bond acceptors (Lipinski definition) is 8. The number of benzene rings is 3. The number of carbonyl (C=O) groups excluding carboxylic acids is 1. The molecule has 1 unspecified atom stereocenters. The molecule has 0 saturated heterocycles. The SMILES string of the molecule is COc1cc(C2C(C#N)=C(N)Oc3cc(OC(=O)c4ccccc4OC)ccc32)ccc1OCCC(C)C. The lowest BCUT2D eigenvalue weighted by Crippen LogP contribution is -2.21. The zero-order valence-electron chi connectivity index (χ0n) is 21.8. The van der Waals surface area contributed by atoms with Crippen LogP contribution in [0.15, 0.2) is 72.1 Å². The molecule has 38 heavy (non-hydrogen) atoms.